The molecule has 3 rings (SSSR count). The van der Waals surface area contributed by atoms with Crippen molar-refractivity contribution in [3.63, 3.8) is 0 Å². The summed E-state index contributed by atoms with van der Waals surface area (Å²) in [5, 5.41) is 25.7. The van der Waals surface area contributed by atoms with Crippen molar-refractivity contribution in [1.29, 1.82) is 5.26 Å². The van der Waals surface area contributed by atoms with Crippen molar-refractivity contribution in [2.75, 3.05) is 7.11 Å². The number of carbonyl (C=O) groups is 1. The van der Waals surface area contributed by atoms with Gasteiger partial charge in [0.25, 0.3) is 0 Å². The Hall–Kier alpha value is -3.60. The molecule has 0 fully saturated rings. The number of carboxylic acids is 1. The van der Waals surface area contributed by atoms with E-state index >= 15 is 0 Å². The maximum atomic E-state index is 11.3. The van der Waals surface area contributed by atoms with Gasteiger partial charge < -0.3 is 15.2 Å². The van der Waals surface area contributed by atoms with Crippen LogP contribution in [-0.4, -0.2) is 39.0 Å². The molecule has 8 nitrogen and oxygen atoms in total. The number of hydrogen-bond donors (Lipinski definition) is 2. The number of carboxylic acid groups (broad SMARTS) is 1. The van der Waals surface area contributed by atoms with Crippen LogP contribution >= 0.6 is 0 Å². The van der Waals surface area contributed by atoms with Crippen molar-refractivity contribution in [3.05, 3.63) is 53.5 Å². The van der Waals surface area contributed by atoms with Crippen LogP contribution in [0.1, 0.15) is 23.1 Å². The number of dihydropyridines is 1. The number of hydrogen-bond acceptors (Lipinski definition) is 6. The molecule has 0 radical (unpaired) electrons. The minimum absolute atomic E-state index is 0.0868. The van der Waals surface area contributed by atoms with E-state index in [1.165, 1.54) is 17.9 Å². The van der Waals surface area contributed by atoms with Crippen LogP contribution in [-0.2, 0) is 0 Å². The van der Waals surface area contributed by atoms with Crippen molar-refractivity contribution in [2.24, 2.45) is 0 Å². The first-order valence-corrected chi connectivity index (χ1v) is 7.46. The number of ether oxygens (including phenoxy) is 1. The number of rotatable bonds is 4. The molecular weight excluding hydrogens is 322 g/mol. The van der Waals surface area contributed by atoms with Gasteiger partial charge in [-0.2, -0.15) is 10.4 Å². The maximum absolute atomic E-state index is 11.3. The van der Waals surface area contributed by atoms with E-state index in [9.17, 15) is 9.90 Å². The van der Waals surface area contributed by atoms with Gasteiger partial charge in [-0.25, -0.2) is 14.5 Å². The Morgan fingerprint density at radius 1 is 1.44 bits per heavy atom. The number of pyridine rings is 1. The molecule has 0 aliphatic carbocycles. The van der Waals surface area contributed by atoms with Gasteiger partial charge in [-0.3, -0.25) is 0 Å². The van der Waals surface area contributed by atoms with Crippen LogP contribution in [0.15, 0.2) is 42.1 Å². The van der Waals surface area contributed by atoms with Crippen LogP contribution in [0.3, 0.4) is 0 Å². The number of nitriles is 1. The van der Waals surface area contributed by atoms with Crippen LogP contribution in [0.25, 0.3) is 11.4 Å². The summed E-state index contributed by atoms with van der Waals surface area (Å²) in [6.07, 6.45) is 4.99. The second-order valence-electron chi connectivity index (χ2n) is 5.37. The van der Waals surface area contributed by atoms with Crippen LogP contribution in [0, 0.1) is 11.3 Å². The summed E-state index contributed by atoms with van der Waals surface area (Å²) in [6.45, 7) is 1.86. The molecule has 2 aromatic heterocycles. The van der Waals surface area contributed by atoms with Gasteiger partial charge in [-0.1, -0.05) is 0 Å². The third-order valence-electron chi connectivity index (χ3n) is 3.78. The van der Waals surface area contributed by atoms with Gasteiger partial charge in [-0.15, -0.1) is 0 Å². The lowest BCUT2D eigenvalue weighted by molar-refractivity contribution is 0.0690. The summed E-state index contributed by atoms with van der Waals surface area (Å²) in [5.41, 5.74) is 2.33. The molecule has 2 aromatic rings. The molecule has 126 valence electrons. The summed E-state index contributed by atoms with van der Waals surface area (Å²) in [6, 6.07) is 6.81. The van der Waals surface area contributed by atoms with E-state index in [2.05, 4.69) is 21.5 Å². The minimum Gasteiger partial charge on any atom is -0.481 e. The van der Waals surface area contributed by atoms with Crippen molar-refractivity contribution in [2.45, 2.75) is 13.0 Å². The van der Waals surface area contributed by atoms with Crippen molar-refractivity contribution in [1.82, 2.24) is 20.1 Å². The Balaban J connectivity index is 2.10. The van der Waals surface area contributed by atoms with Gasteiger partial charge in [0, 0.05) is 12.1 Å². The predicted octanol–water partition coefficient (Wildman–Crippen LogP) is 1.76. The van der Waals surface area contributed by atoms with Gasteiger partial charge >= 0.3 is 5.97 Å². The highest BCUT2D eigenvalue weighted by Gasteiger charge is 2.21. The smallest absolute Gasteiger partial charge is 0.356 e. The largest absolute Gasteiger partial charge is 0.481 e. The Morgan fingerprint density at radius 3 is 2.80 bits per heavy atom. The number of allylic oxidation sites excluding steroid dienone is 2. The molecule has 3 heterocycles. The van der Waals surface area contributed by atoms with Crippen LogP contribution in [0.2, 0.25) is 0 Å². The van der Waals surface area contributed by atoms with Crippen LogP contribution < -0.4 is 10.1 Å². The predicted molar refractivity (Wildman–Crippen MR) is 89.1 cm³/mol. The molecule has 0 amide bonds. The van der Waals surface area contributed by atoms with Gasteiger partial charge in [0.2, 0.25) is 5.88 Å². The minimum atomic E-state index is -1.13. The molecule has 1 aliphatic rings. The molecule has 0 spiro atoms. The first-order chi connectivity index (χ1) is 12.0. The summed E-state index contributed by atoms with van der Waals surface area (Å²) in [7, 11) is 1.52. The van der Waals surface area contributed by atoms with Crippen molar-refractivity contribution in [3.8, 4) is 17.6 Å². The first-order valence-electron chi connectivity index (χ1n) is 7.46. The fourth-order valence-electron chi connectivity index (χ4n) is 2.46. The third-order valence-corrected chi connectivity index (χ3v) is 3.78. The van der Waals surface area contributed by atoms with Gasteiger partial charge in [0.15, 0.2) is 5.69 Å². The Morgan fingerprint density at radius 2 is 2.24 bits per heavy atom. The molecule has 0 aromatic carbocycles. The number of aromatic carboxylic acids is 1. The highest BCUT2D eigenvalue weighted by Crippen LogP contribution is 2.23. The standard InChI is InChI=1S/C17H15N5O3/c1-10-11(8-18)3-5-13(20-10)15-7-14(17(23)24)21-22(15)12-4-6-16(25-2)19-9-12/h3-7,9-10,20H,1-2H3,(H,23,24). The topological polar surface area (TPSA) is 113 Å². The van der Waals surface area contributed by atoms with Crippen LogP contribution in [0.5, 0.6) is 5.88 Å². The molecule has 2 N–H and O–H groups in total. The van der Waals surface area contributed by atoms with Gasteiger partial charge in [0.05, 0.1) is 48.1 Å². The van der Waals surface area contributed by atoms with E-state index in [-0.39, 0.29) is 11.7 Å². The highest BCUT2D eigenvalue weighted by atomic mass is 16.5. The van der Waals surface area contributed by atoms with E-state index in [1.807, 2.05) is 6.92 Å². The SMILES string of the molecule is COc1ccc(-n2nc(C(=O)O)cc2C2=CC=C(C#N)C(C)N2)cn1. The Bertz CT molecular complexity index is 919. The number of aromatic nitrogens is 3. The lowest BCUT2D eigenvalue weighted by Gasteiger charge is -2.21. The normalized spacial score (nSPS) is 16.3. The summed E-state index contributed by atoms with van der Waals surface area (Å²) in [4.78, 5) is 15.5. The van der Waals surface area contributed by atoms with Crippen LogP contribution in [0.4, 0.5) is 0 Å². The molecule has 1 unspecified atom stereocenters. The van der Waals surface area contributed by atoms with Gasteiger partial charge in [-0.05, 0) is 25.1 Å². The number of nitrogens with one attached hydrogen (secondary N) is 1. The molecule has 0 bridgehead atoms. The molecule has 8 heteroatoms. The van der Waals surface area contributed by atoms with Crippen molar-refractivity contribution < 1.29 is 14.6 Å². The lowest BCUT2D eigenvalue weighted by atomic mass is 10.0. The fourth-order valence-corrected chi connectivity index (χ4v) is 2.46. The zero-order valence-electron chi connectivity index (χ0n) is 13.6. The number of nitrogens with zero attached hydrogens (tertiary/aromatic N) is 4. The summed E-state index contributed by atoms with van der Waals surface area (Å²) in [5.74, 6) is -0.680. The quantitative estimate of drug-likeness (QED) is 0.874. The lowest BCUT2D eigenvalue weighted by Crippen LogP contribution is -2.29. The fraction of sp³-hybridized carbons (Fsp3) is 0.176. The second-order valence-corrected chi connectivity index (χ2v) is 5.37. The monoisotopic (exact) mass is 337 g/mol. The molecule has 0 saturated heterocycles. The van der Waals surface area contributed by atoms with E-state index < -0.39 is 5.97 Å². The average molecular weight is 337 g/mol. The molecule has 1 aliphatic heterocycles. The first kappa shape index (κ1) is 16.3. The summed E-state index contributed by atoms with van der Waals surface area (Å²) < 4.78 is 6.53. The molecular formula is C17H15N5O3. The molecule has 25 heavy (non-hydrogen) atoms. The zero-order chi connectivity index (χ0) is 18.0. The zero-order valence-corrected chi connectivity index (χ0v) is 13.6. The summed E-state index contributed by atoms with van der Waals surface area (Å²) >= 11 is 0. The molecule has 0 saturated carbocycles. The average Bonchev–Trinajstić information content (AvgIpc) is 3.07. The van der Waals surface area contributed by atoms with E-state index in [0.717, 1.165) is 0 Å². The highest BCUT2D eigenvalue weighted by molar-refractivity contribution is 5.87. The number of methoxy groups -OCH3 is 1. The van der Waals surface area contributed by atoms with Crippen molar-refractivity contribution >= 4 is 11.7 Å². The van der Waals surface area contributed by atoms with Gasteiger partial charge in [0.1, 0.15) is 0 Å². The second kappa shape index (κ2) is 6.49. The molecule has 1 atom stereocenters. The Labute approximate surface area is 143 Å². The van der Waals surface area contributed by atoms with E-state index in [0.29, 0.717) is 28.5 Å². The van der Waals surface area contributed by atoms with E-state index in [4.69, 9.17) is 10.00 Å². The Kier molecular flexibility index (Phi) is 4.22. The van der Waals surface area contributed by atoms with E-state index in [1.54, 1.807) is 30.5 Å². The third kappa shape index (κ3) is 3.07. The maximum Gasteiger partial charge on any atom is 0.356 e.